The number of hydrogen-bond donors (Lipinski definition) is 1. The van der Waals surface area contributed by atoms with Crippen molar-refractivity contribution in [3.05, 3.63) is 57.7 Å². The van der Waals surface area contributed by atoms with E-state index in [0.29, 0.717) is 35.3 Å². The van der Waals surface area contributed by atoms with Crippen LogP contribution in [0.5, 0.6) is 0 Å². The molecule has 0 aliphatic carbocycles. The number of aromatic nitrogens is 1. The van der Waals surface area contributed by atoms with Crippen LogP contribution >= 0.6 is 23.2 Å². The Morgan fingerprint density at radius 3 is 2.50 bits per heavy atom. The van der Waals surface area contributed by atoms with Crippen LogP contribution in [-0.4, -0.2) is 72.0 Å². The molecule has 2 atom stereocenters. The molecule has 0 radical (unpaired) electrons. The average Bonchev–Trinajstić information content (AvgIpc) is 2.84. The lowest BCUT2D eigenvalue weighted by molar-refractivity contribution is 0.0583. The summed E-state index contributed by atoms with van der Waals surface area (Å²) >= 11 is 12.6. The van der Waals surface area contributed by atoms with Gasteiger partial charge < -0.3 is 10.2 Å². The third-order valence-corrected chi connectivity index (χ3v) is 7.80. The molecule has 1 aromatic carbocycles. The van der Waals surface area contributed by atoms with Gasteiger partial charge in [-0.15, -0.1) is 0 Å². The van der Waals surface area contributed by atoms with Gasteiger partial charge in [0.05, 0.1) is 10.6 Å². The van der Waals surface area contributed by atoms with Crippen molar-refractivity contribution in [2.75, 3.05) is 44.2 Å². The Morgan fingerprint density at radius 2 is 1.88 bits per heavy atom. The molecule has 3 heterocycles. The van der Waals surface area contributed by atoms with E-state index in [1.807, 2.05) is 19.1 Å². The van der Waals surface area contributed by atoms with Gasteiger partial charge >= 0.3 is 0 Å². The fourth-order valence-corrected chi connectivity index (χ4v) is 5.73. The third-order valence-electron chi connectivity index (χ3n) is 7.27. The standard InChI is InChI=1S/C26H35Cl2N5O.H2/c1-4-29-26(34)21-15-24(28)25(30-16-21)32-13-14-33(18(2)17-32)23-9-11-31(12-10-23)19(3)20-5-7-22(27)8-6-20;/h5-8,15-16,18-19,23H,4,9-14,17H2,1-3H3,(H,29,34);1H/t18-,19+;/m0./s1. The van der Waals surface area contributed by atoms with E-state index in [0.717, 1.165) is 43.6 Å². The number of halogens is 2. The molecular weight excluding hydrogens is 469 g/mol. The summed E-state index contributed by atoms with van der Waals surface area (Å²) in [7, 11) is 0. The van der Waals surface area contributed by atoms with E-state index < -0.39 is 0 Å². The summed E-state index contributed by atoms with van der Waals surface area (Å²) in [6, 6.07) is 11.4. The van der Waals surface area contributed by atoms with Gasteiger partial charge in [0, 0.05) is 70.0 Å². The van der Waals surface area contributed by atoms with E-state index in [-0.39, 0.29) is 7.33 Å². The monoisotopic (exact) mass is 505 g/mol. The highest BCUT2D eigenvalue weighted by Crippen LogP contribution is 2.31. The van der Waals surface area contributed by atoms with Gasteiger partial charge in [-0.3, -0.25) is 14.6 Å². The molecule has 2 fully saturated rings. The van der Waals surface area contributed by atoms with Gasteiger partial charge in [-0.2, -0.15) is 0 Å². The summed E-state index contributed by atoms with van der Waals surface area (Å²) in [6.07, 6.45) is 3.99. The Kier molecular flexibility index (Phi) is 8.35. The molecule has 1 N–H and O–H groups in total. The maximum atomic E-state index is 12.1. The lowest BCUT2D eigenvalue weighted by Crippen LogP contribution is -2.57. The molecule has 2 saturated heterocycles. The second-order valence-corrected chi connectivity index (χ2v) is 10.3. The van der Waals surface area contributed by atoms with Crippen LogP contribution in [0.2, 0.25) is 10.0 Å². The maximum Gasteiger partial charge on any atom is 0.252 e. The van der Waals surface area contributed by atoms with Gasteiger partial charge in [0.1, 0.15) is 5.82 Å². The normalized spacial score (nSPS) is 21.4. The number of rotatable bonds is 6. The molecule has 6 nitrogen and oxygen atoms in total. The Balaban J connectivity index is 0.00000342. The second kappa shape index (κ2) is 11.3. The topological polar surface area (TPSA) is 51.7 Å². The molecule has 0 bridgehead atoms. The van der Waals surface area contributed by atoms with Crippen LogP contribution in [-0.2, 0) is 0 Å². The summed E-state index contributed by atoms with van der Waals surface area (Å²) in [5, 5.41) is 4.12. The van der Waals surface area contributed by atoms with Crippen LogP contribution < -0.4 is 10.2 Å². The minimum absolute atomic E-state index is 0. The Bertz CT molecular complexity index is 984. The molecule has 0 spiro atoms. The molecule has 186 valence electrons. The van der Waals surface area contributed by atoms with Crippen molar-refractivity contribution in [1.82, 2.24) is 20.1 Å². The van der Waals surface area contributed by atoms with Crippen molar-refractivity contribution < 1.29 is 6.22 Å². The zero-order valence-electron chi connectivity index (χ0n) is 20.3. The summed E-state index contributed by atoms with van der Waals surface area (Å²) in [5.41, 5.74) is 1.83. The maximum absolute atomic E-state index is 12.1. The zero-order chi connectivity index (χ0) is 24.2. The largest absolute Gasteiger partial charge is 0.353 e. The summed E-state index contributed by atoms with van der Waals surface area (Å²) in [4.78, 5) is 24.1. The minimum atomic E-state index is -0.140. The van der Waals surface area contributed by atoms with E-state index >= 15 is 0 Å². The fraction of sp³-hybridized carbons (Fsp3) is 0.538. The highest BCUT2D eigenvalue weighted by atomic mass is 35.5. The van der Waals surface area contributed by atoms with E-state index in [9.17, 15) is 4.79 Å². The van der Waals surface area contributed by atoms with E-state index in [1.165, 1.54) is 18.4 Å². The number of amides is 1. The molecular formula is C26H37Cl2N5O. The average molecular weight is 507 g/mol. The molecule has 0 saturated carbocycles. The Labute approximate surface area is 214 Å². The SMILES string of the molecule is CCNC(=O)c1cnc(N2CCN(C3CCN([C@H](C)c4ccc(Cl)cc4)CC3)[C@@H](C)C2)c(Cl)c1.[HH]. The molecule has 8 heteroatoms. The second-order valence-electron chi connectivity index (χ2n) is 9.42. The van der Waals surface area contributed by atoms with Crippen LogP contribution in [0.25, 0.3) is 0 Å². The number of piperidine rings is 1. The number of nitrogens with zero attached hydrogens (tertiary/aromatic N) is 4. The van der Waals surface area contributed by atoms with E-state index in [2.05, 4.69) is 51.0 Å². The molecule has 2 aliphatic heterocycles. The van der Waals surface area contributed by atoms with Crippen LogP contribution in [0, 0.1) is 0 Å². The van der Waals surface area contributed by atoms with Crippen LogP contribution in [0.4, 0.5) is 5.82 Å². The van der Waals surface area contributed by atoms with Crippen molar-refractivity contribution in [3.63, 3.8) is 0 Å². The Morgan fingerprint density at radius 1 is 1.18 bits per heavy atom. The van der Waals surface area contributed by atoms with Gasteiger partial charge in [-0.25, -0.2) is 4.98 Å². The first-order chi connectivity index (χ1) is 16.4. The number of hydrogen-bond acceptors (Lipinski definition) is 5. The molecule has 2 aromatic rings. The summed E-state index contributed by atoms with van der Waals surface area (Å²) in [5.74, 6) is 0.631. The molecule has 1 aromatic heterocycles. The number of piperazine rings is 1. The van der Waals surface area contributed by atoms with Crippen LogP contribution in [0.3, 0.4) is 0 Å². The Hall–Kier alpha value is -1.86. The minimum Gasteiger partial charge on any atom is -0.353 e. The van der Waals surface area contributed by atoms with Crippen molar-refractivity contribution in [2.45, 2.75) is 51.7 Å². The van der Waals surface area contributed by atoms with Gasteiger partial charge in [0.15, 0.2) is 0 Å². The predicted molar refractivity (Wildman–Crippen MR) is 142 cm³/mol. The van der Waals surface area contributed by atoms with Crippen molar-refractivity contribution in [1.29, 1.82) is 0 Å². The van der Waals surface area contributed by atoms with Gasteiger partial charge in [0.25, 0.3) is 5.91 Å². The molecule has 2 aliphatic rings. The molecule has 4 rings (SSSR count). The number of likely N-dealkylation sites (tertiary alicyclic amines) is 1. The van der Waals surface area contributed by atoms with Crippen molar-refractivity contribution in [3.8, 4) is 0 Å². The smallest absolute Gasteiger partial charge is 0.252 e. The molecule has 0 unspecified atom stereocenters. The summed E-state index contributed by atoms with van der Waals surface area (Å²) < 4.78 is 0. The summed E-state index contributed by atoms with van der Waals surface area (Å²) in [6.45, 7) is 12.0. The molecule has 1 amide bonds. The van der Waals surface area contributed by atoms with E-state index in [4.69, 9.17) is 23.2 Å². The number of pyridine rings is 1. The fourth-order valence-electron chi connectivity index (χ4n) is 5.31. The van der Waals surface area contributed by atoms with Gasteiger partial charge in [-0.05, 0) is 57.4 Å². The number of benzene rings is 1. The first-order valence-electron chi connectivity index (χ1n) is 12.3. The lowest BCUT2D eigenvalue weighted by atomic mass is 9.97. The lowest BCUT2D eigenvalue weighted by Gasteiger charge is -2.47. The number of carbonyl (C=O) groups excluding carboxylic acids is 1. The number of nitrogens with one attached hydrogen (secondary N) is 1. The van der Waals surface area contributed by atoms with Gasteiger partial charge in [-0.1, -0.05) is 35.3 Å². The first-order valence-corrected chi connectivity index (χ1v) is 13.1. The number of carbonyl (C=O) groups is 1. The highest BCUT2D eigenvalue weighted by molar-refractivity contribution is 6.33. The van der Waals surface area contributed by atoms with Crippen LogP contribution in [0.15, 0.2) is 36.5 Å². The van der Waals surface area contributed by atoms with Crippen LogP contribution in [0.1, 0.15) is 57.0 Å². The number of anilines is 1. The highest BCUT2D eigenvalue weighted by Gasteiger charge is 2.33. The van der Waals surface area contributed by atoms with E-state index in [1.54, 1.807) is 12.3 Å². The molecule has 34 heavy (non-hydrogen) atoms. The first kappa shape index (κ1) is 25.2. The van der Waals surface area contributed by atoms with Crippen molar-refractivity contribution in [2.24, 2.45) is 0 Å². The quantitative estimate of drug-likeness (QED) is 0.590. The predicted octanol–water partition coefficient (Wildman–Crippen LogP) is 5.12. The third kappa shape index (κ3) is 5.68. The van der Waals surface area contributed by atoms with Crippen molar-refractivity contribution >= 4 is 34.9 Å². The zero-order valence-corrected chi connectivity index (χ0v) is 21.8. The van der Waals surface area contributed by atoms with Gasteiger partial charge in [0.2, 0.25) is 0 Å².